The molecule has 0 aliphatic rings. The minimum absolute atomic E-state index is 0. The molecule has 0 fully saturated rings. The van der Waals surface area contributed by atoms with E-state index in [1.807, 2.05) is 55.5 Å². The Labute approximate surface area is 197 Å². The van der Waals surface area contributed by atoms with Crippen LogP contribution in [0, 0.1) is 0 Å². The number of ether oxygens (including phenoxy) is 2. The zero-order valence-electron chi connectivity index (χ0n) is 18.1. The number of benzene rings is 2. The van der Waals surface area contributed by atoms with E-state index in [-0.39, 0.29) is 36.5 Å². The largest absolute Gasteiger partial charge is 0.493 e. The van der Waals surface area contributed by atoms with E-state index in [0.717, 1.165) is 29.8 Å². The molecule has 6 nitrogen and oxygen atoms in total. The molecule has 2 aromatic carbocycles. The molecular weight excluding hydrogens is 493 g/mol. The molecule has 1 atom stereocenters. The smallest absolute Gasteiger partial charge is 0.191 e. The van der Waals surface area contributed by atoms with Gasteiger partial charge in [-0.1, -0.05) is 43.3 Å². The monoisotopic (exact) mass is 527 g/mol. The van der Waals surface area contributed by atoms with Gasteiger partial charge in [0.15, 0.2) is 17.5 Å². The SMILES string of the molecule is CCCOc1ccc(CN=C(NCC)NCC(CO)c2ccccc2)cc1OC.I. The Morgan fingerprint density at radius 2 is 1.83 bits per heavy atom. The van der Waals surface area contributed by atoms with E-state index in [1.54, 1.807) is 7.11 Å². The first-order valence-electron chi connectivity index (χ1n) is 10.2. The van der Waals surface area contributed by atoms with Crippen molar-refractivity contribution in [3.05, 3.63) is 59.7 Å². The van der Waals surface area contributed by atoms with Crippen LogP contribution >= 0.6 is 24.0 Å². The fraction of sp³-hybridized carbons (Fsp3) is 0.435. The van der Waals surface area contributed by atoms with Gasteiger partial charge < -0.3 is 25.2 Å². The third-order valence-corrected chi connectivity index (χ3v) is 4.46. The molecule has 7 heteroatoms. The summed E-state index contributed by atoms with van der Waals surface area (Å²) < 4.78 is 11.2. The predicted octanol–water partition coefficient (Wildman–Crippen LogP) is 3.93. The van der Waals surface area contributed by atoms with Gasteiger partial charge in [-0.3, -0.25) is 0 Å². The summed E-state index contributed by atoms with van der Waals surface area (Å²) in [5.41, 5.74) is 2.13. The van der Waals surface area contributed by atoms with Crippen molar-refractivity contribution in [3.8, 4) is 11.5 Å². The summed E-state index contributed by atoms with van der Waals surface area (Å²) in [6.45, 7) is 6.70. The van der Waals surface area contributed by atoms with Crippen LogP contribution < -0.4 is 20.1 Å². The molecule has 0 radical (unpaired) electrons. The number of hydrogen-bond donors (Lipinski definition) is 3. The van der Waals surface area contributed by atoms with Gasteiger partial charge in [-0.2, -0.15) is 0 Å². The minimum atomic E-state index is 0. The molecule has 0 saturated heterocycles. The van der Waals surface area contributed by atoms with Gasteiger partial charge in [-0.15, -0.1) is 24.0 Å². The Morgan fingerprint density at radius 1 is 1.07 bits per heavy atom. The van der Waals surface area contributed by atoms with Gasteiger partial charge in [0.05, 0.1) is 26.9 Å². The number of rotatable bonds is 11. The van der Waals surface area contributed by atoms with E-state index < -0.39 is 0 Å². The highest BCUT2D eigenvalue weighted by molar-refractivity contribution is 14.0. The first kappa shape index (κ1) is 26.0. The second-order valence-electron chi connectivity index (χ2n) is 6.70. The number of halogens is 1. The normalized spacial score (nSPS) is 11.9. The highest BCUT2D eigenvalue weighted by Crippen LogP contribution is 2.28. The van der Waals surface area contributed by atoms with E-state index >= 15 is 0 Å². The Hall–Kier alpha value is -2.00. The van der Waals surface area contributed by atoms with Gasteiger partial charge in [0.2, 0.25) is 0 Å². The Morgan fingerprint density at radius 3 is 2.47 bits per heavy atom. The maximum atomic E-state index is 9.75. The summed E-state index contributed by atoms with van der Waals surface area (Å²) in [5.74, 6) is 2.19. The maximum absolute atomic E-state index is 9.75. The lowest BCUT2D eigenvalue weighted by atomic mass is 10.0. The van der Waals surface area contributed by atoms with Crippen LogP contribution in [0.4, 0.5) is 0 Å². The Kier molecular flexibility index (Phi) is 12.9. The van der Waals surface area contributed by atoms with Crippen LogP contribution in [0.1, 0.15) is 37.3 Å². The van der Waals surface area contributed by atoms with E-state index in [9.17, 15) is 5.11 Å². The fourth-order valence-corrected chi connectivity index (χ4v) is 2.89. The number of nitrogens with one attached hydrogen (secondary N) is 2. The summed E-state index contributed by atoms with van der Waals surface area (Å²) >= 11 is 0. The standard InChI is InChI=1S/C23H33N3O3.HI/c1-4-13-29-21-12-11-18(14-22(21)28-3)15-25-23(24-5-2)26-16-20(17-27)19-9-7-6-8-10-19;/h6-12,14,20,27H,4-5,13,15-17H2,1-3H3,(H2,24,25,26);1H. The average Bonchev–Trinajstić information content (AvgIpc) is 2.77. The summed E-state index contributed by atoms with van der Waals surface area (Å²) in [6, 6.07) is 15.9. The average molecular weight is 527 g/mol. The predicted molar refractivity (Wildman–Crippen MR) is 133 cm³/mol. The molecule has 0 aliphatic carbocycles. The number of guanidine groups is 1. The number of aliphatic hydroxyl groups excluding tert-OH is 1. The molecular formula is C23H34IN3O3. The quantitative estimate of drug-likeness (QED) is 0.235. The van der Waals surface area contributed by atoms with Crippen molar-refractivity contribution in [2.24, 2.45) is 4.99 Å². The second kappa shape index (κ2) is 14.9. The van der Waals surface area contributed by atoms with Crippen molar-refractivity contribution in [1.82, 2.24) is 10.6 Å². The van der Waals surface area contributed by atoms with Gasteiger partial charge in [-0.25, -0.2) is 4.99 Å². The van der Waals surface area contributed by atoms with Crippen LogP contribution in [0.5, 0.6) is 11.5 Å². The van der Waals surface area contributed by atoms with Crippen LogP contribution in [-0.2, 0) is 6.54 Å². The Bertz CT molecular complexity index is 757. The van der Waals surface area contributed by atoms with Gasteiger partial charge >= 0.3 is 0 Å². The summed E-state index contributed by atoms with van der Waals surface area (Å²) in [4.78, 5) is 4.67. The highest BCUT2D eigenvalue weighted by atomic mass is 127. The molecule has 166 valence electrons. The number of aliphatic hydroxyl groups is 1. The lowest BCUT2D eigenvalue weighted by Crippen LogP contribution is -2.39. The van der Waals surface area contributed by atoms with Gasteiger partial charge in [0, 0.05) is 19.0 Å². The summed E-state index contributed by atoms with van der Waals surface area (Å²) in [7, 11) is 1.64. The lowest BCUT2D eigenvalue weighted by molar-refractivity contribution is 0.265. The molecule has 2 rings (SSSR count). The molecule has 3 N–H and O–H groups in total. The highest BCUT2D eigenvalue weighted by Gasteiger charge is 2.11. The number of nitrogens with zero attached hydrogens (tertiary/aromatic N) is 1. The third-order valence-electron chi connectivity index (χ3n) is 4.46. The molecule has 0 heterocycles. The molecule has 0 amide bonds. The minimum Gasteiger partial charge on any atom is -0.493 e. The number of methoxy groups -OCH3 is 1. The van der Waals surface area contributed by atoms with Gasteiger partial charge in [-0.05, 0) is 36.6 Å². The van der Waals surface area contributed by atoms with E-state index in [0.29, 0.717) is 31.4 Å². The molecule has 1 unspecified atom stereocenters. The van der Waals surface area contributed by atoms with E-state index in [1.165, 1.54) is 0 Å². The van der Waals surface area contributed by atoms with Gasteiger partial charge in [0.1, 0.15) is 0 Å². The summed E-state index contributed by atoms with van der Waals surface area (Å²) in [5, 5.41) is 16.3. The number of aliphatic imine (C=N–C) groups is 1. The molecule has 0 spiro atoms. The van der Waals surface area contributed by atoms with Crippen molar-refractivity contribution in [1.29, 1.82) is 0 Å². The fourth-order valence-electron chi connectivity index (χ4n) is 2.89. The molecule has 0 saturated carbocycles. The van der Waals surface area contributed by atoms with Crippen molar-refractivity contribution >= 4 is 29.9 Å². The maximum Gasteiger partial charge on any atom is 0.191 e. The van der Waals surface area contributed by atoms with Crippen molar-refractivity contribution in [2.45, 2.75) is 32.7 Å². The van der Waals surface area contributed by atoms with Crippen LogP contribution in [0.25, 0.3) is 0 Å². The number of hydrogen-bond acceptors (Lipinski definition) is 4. The zero-order chi connectivity index (χ0) is 20.9. The molecule has 0 bridgehead atoms. The van der Waals surface area contributed by atoms with Crippen LogP contribution in [0.2, 0.25) is 0 Å². The van der Waals surface area contributed by atoms with Crippen LogP contribution in [0.15, 0.2) is 53.5 Å². The van der Waals surface area contributed by atoms with Gasteiger partial charge in [0.25, 0.3) is 0 Å². The molecule has 2 aromatic rings. The lowest BCUT2D eigenvalue weighted by Gasteiger charge is -2.18. The van der Waals surface area contributed by atoms with Crippen molar-refractivity contribution in [2.75, 3.05) is 33.4 Å². The topological polar surface area (TPSA) is 75.1 Å². The van der Waals surface area contributed by atoms with Crippen LogP contribution in [-0.4, -0.2) is 44.5 Å². The van der Waals surface area contributed by atoms with Crippen molar-refractivity contribution < 1.29 is 14.6 Å². The molecule has 0 aliphatic heterocycles. The third kappa shape index (κ3) is 8.39. The summed E-state index contributed by atoms with van der Waals surface area (Å²) in [6.07, 6.45) is 0.949. The second-order valence-corrected chi connectivity index (χ2v) is 6.70. The molecule has 30 heavy (non-hydrogen) atoms. The van der Waals surface area contributed by atoms with Crippen molar-refractivity contribution in [3.63, 3.8) is 0 Å². The zero-order valence-corrected chi connectivity index (χ0v) is 20.4. The Balaban J connectivity index is 0.00000450. The van der Waals surface area contributed by atoms with E-state index in [2.05, 4.69) is 22.5 Å². The van der Waals surface area contributed by atoms with E-state index in [4.69, 9.17) is 9.47 Å². The first-order valence-corrected chi connectivity index (χ1v) is 10.2. The first-order chi connectivity index (χ1) is 14.2. The van der Waals surface area contributed by atoms with Crippen LogP contribution in [0.3, 0.4) is 0 Å². The molecule has 0 aromatic heterocycles.